The van der Waals surface area contributed by atoms with E-state index in [4.69, 9.17) is 9.90 Å². The van der Waals surface area contributed by atoms with Crippen LogP contribution in [0.4, 0.5) is 13.2 Å². The molecule has 2 atom stereocenters. The van der Waals surface area contributed by atoms with Gasteiger partial charge < -0.3 is 9.90 Å². The normalized spacial score (nSPS) is 19.3. The number of carbonyl (C=O) groups excluding carboxylic acids is 1. The lowest BCUT2D eigenvalue weighted by Gasteiger charge is -2.31. The molecule has 0 fully saturated rings. The summed E-state index contributed by atoms with van der Waals surface area (Å²) in [4.78, 5) is 8.78. The molecule has 3 nitrogen and oxygen atoms in total. The van der Waals surface area contributed by atoms with Crippen molar-refractivity contribution in [2.45, 2.75) is 66.7 Å². The second kappa shape index (κ2) is 11.3. The SMILES string of the molecule is CC(C)C[C@@H]1[C@@H](C(C)C)C=C(C(C)C)C=[N+]1Cc1ccccc1.O=C([O-])C(F)(F)F. The summed E-state index contributed by atoms with van der Waals surface area (Å²) in [6, 6.07) is 11.5. The van der Waals surface area contributed by atoms with Crippen LogP contribution in [-0.2, 0) is 11.3 Å². The Balaban J connectivity index is 0.000000553. The molecule has 1 heterocycles. The number of halogens is 3. The number of carbonyl (C=O) groups is 1. The molecule has 30 heavy (non-hydrogen) atoms. The van der Waals surface area contributed by atoms with E-state index < -0.39 is 12.1 Å². The van der Waals surface area contributed by atoms with Gasteiger partial charge in [-0.15, -0.1) is 0 Å². The Hall–Kier alpha value is -2.11. The van der Waals surface area contributed by atoms with E-state index in [0.29, 0.717) is 23.8 Å². The van der Waals surface area contributed by atoms with E-state index in [1.807, 2.05) is 0 Å². The number of hydrogen-bond acceptors (Lipinski definition) is 2. The molecule has 0 amide bonds. The lowest BCUT2D eigenvalue weighted by molar-refractivity contribution is -0.588. The van der Waals surface area contributed by atoms with Crippen LogP contribution in [-0.4, -0.2) is 29.0 Å². The van der Waals surface area contributed by atoms with E-state index in [2.05, 4.69) is 88.7 Å². The quantitative estimate of drug-likeness (QED) is 0.612. The second-order valence-corrected chi connectivity index (χ2v) is 8.91. The maximum absolute atomic E-state index is 10.5. The Kier molecular flexibility index (Phi) is 9.79. The zero-order valence-corrected chi connectivity index (χ0v) is 18.7. The molecule has 0 spiro atoms. The molecule has 1 aliphatic heterocycles. The number of carboxylic acid groups (broad SMARTS) is 1. The van der Waals surface area contributed by atoms with Crippen LogP contribution in [0.25, 0.3) is 0 Å². The molecule has 0 unspecified atom stereocenters. The van der Waals surface area contributed by atoms with Crippen molar-refractivity contribution in [3.8, 4) is 0 Å². The zero-order valence-electron chi connectivity index (χ0n) is 18.7. The largest absolute Gasteiger partial charge is 0.542 e. The highest BCUT2D eigenvalue weighted by molar-refractivity contribution is 5.75. The predicted molar refractivity (Wildman–Crippen MR) is 112 cm³/mol. The minimum absolute atomic E-state index is 0.592. The summed E-state index contributed by atoms with van der Waals surface area (Å²) in [5.41, 5.74) is 2.91. The number of carboxylic acids is 1. The molecule has 0 N–H and O–H groups in total. The number of rotatable bonds is 6. The van der Waals surface area contributed by atoms with Gasteiger partial charge in [-0.2, -0.15) is 13.2 Å². The van der Waals surface area contributed by atoms with Crippen LogP contribution in [0.2, 0.25) is 0 Å². The summed E-state index contributed by atoms with van der Waals surface area (Å²) in [5.74, 6) is -0.369. The fraction of sp³-hybridized carbons (Fsp3) is 0.583. The van der Waals surface area contributed by atoms with Crippen LogP contribution < -0.4 is 5.11 Å². The molecule has 0 radical (unpaired) electrons. The Morgan fingerprint density at radius 3 is 2.00 bits per heavy atom. The van der Waals surface area contributed by atoms with Crippen LogP contribution in [0.1, 0.15) is 53.5 Å². The third-order valence-corrected chi connectivity index (χ3v) is 5.16. The van der Waals surface area contributed by atoms with Crippen LogP contribution in [0.5, 0.6) is 0 Å². The molecule has 0 aliphatic carbocycles. The van der Waals surface area contributed by atoms with Gasteiger partial charge in [-0.25, -0.2) is 4.58 Å². The number of hydrogen-bond donors (Lipinski definition) is 0. The highest BCUT2D eigenvalue weighted by atomic mass is 19.4. The Morgan fingerprint density at radius 2 is 1.60 bits per heavy atom. The molecule has 2 rings (SSSR count). The first-order valence-electron chi connectivity index (χ1n) is 10.5. The van der Waals surface area contributed by atoms with Crippen molar-refractivity contribution in [1.82, 2.24) is 0 Å². The average molecular weight is 426 g/mol. The van der Waals surface area contributed by atoms with Crippen LogP contribution in [0, 0.1) is 23.7 Å². The molecular weight excluding hydrogens is 391 g/mol. The molecular formula is C24H34F3NO2. The van der Waals surface area contributed by atoms with Crippen molar-refractivity contribution in [3.63, 3.8) is 0 Å². The van der Waals surface area contributed by atoms with E-state index in [0.717, 1.165) is 12.5 Å². The summed E-state index contributed by atoms with van der Waals surface area (Å²) < 4.78 is 34.2. The Bertz CT molecular complexity index is 735. The van der Waals surface area contributed by atoms with Gasteiger partial charge in [-0.3, -0.25) is 0 Å². The fourth-order valence-electron chi connectivity index (χ4n) is 3.60. The Labute approximate surface area is 178 Å². The minimum Gasteiger partial charge on any atom is -0.542 e. The first kappa shape index (κ1) is 25.9. The van der Waals surface area contributed by atoms with Crippen LogP contribution in [0.3, 0.4) is 0 Å². The van der Waals surface area contributed by atoms with E-state index in [1.54, 1.807) is 0 Å². The van der Waals surface area contributed by atoms with Gasteiger partial charge in [0.2, 0.25) is 0 Å². The van der Waals surface area contributed by atoms with Gasteiger partial charge >= 0.3 is 6.18 Å². The minimum atomic E-state index is -5.19. The summed E-state index contributed by atoms with van der Waals surface area (Å²) in [5, 5.41) is 8.78. The highest BCUT2D eigenvalue weighted by Crippen LogP contribution is 2.31. The van der Waals surface area contributed by atoms with Crippen molar-refractivity contribution >= 4 is 12.2 Å². The molecule has 168 valence electrons. The van der Waals surface area contributed by atoms with Crippen LogP contribution >= 0.6 is 0 Å². The van der Waals surface area contributed by atoms with Crippen molar-refractivity contribution in [3.05, 3.63) is 47.5 Å². The first-order chi connectivity index (χ1) is 13.8. The molecule has 1 aromatic rings. The zero-order chi connectivity index (χ0) is 23.1. The monoisotopic (exact) mass is 425 g/mol. The van der Waals surface area contributed by atoms with Gasteiger partial charge in [0.25, 0.3) is 0 Å². The molecule has 1 aromatic carbocycles. The Morgan fingerprint density at radius 1 is 1.07 bits per heavy atom. The molecule has 0 saturated heterocycles. The number of aliphatic carboxylic acids is 1. The number of nitrogens with zero attached hydrogens (tertiary/aromatic N) is 1. The average Bonchev–Trinajstić information content (AvgIpc) is 2.62. The summed E-state index contributed by atoms with van der Waals surface area (Å²) in [6.07, 6.45) is 1.06. The number of allylic oxidation sites excluding steroid dienone is 1. The summed E-state index contributed by atoms with van der Waals surface area (Å²) in [6.45, 7) is 15.1. The maximum atomic E-state index is 10.5. The molecule has 0 bridgehead atoms. The molecule has 0 aromatic heterocycles. The van der Waals surface area contributed by atoms with Gasteiger partial charge in [0.15, 0.2) is 18.8 Å². The van der Waals surface area contributed by atoms with Gasteiger partial charge in [0.1, 0.15) is 5.97 Å². The van der Waals surface area contributed by atoms with Crippen LogP contribution in [0.15, 0.2) is 42.0 Å². The third kappa shape index (κ3) is 8.33. The second-order valence-electron chi connectivity index (χ2n) is 8.91. The topological polar surface area (TPSA) is 43.1 Å². The van der Waals surface area contributed by atoms with E-state index in [1.165, 1.54) is 17.6 Å². The van der Waals surface area contributed by atoms with Gasteiger partial charge in [0.05, 0.1) is 0 Å². The molecule has 1 aliphatic rings. The fourth-order valence-corrected chi connectivity index (χ4v) is 3.60. The third-order valence-electron chi connectivity index (χ3n) is 5.16. The lowest BCUT2D eigenvalue weighted by Crippen LogP contribution is -2.40. The highest BCUT2D eigenvalue weighted by Gasteiger charge is 2.36. The lowest BCUT2D eigenvalue weighted by atomic mass is 9.79. The van der Waals surface area contributed by atoms with E-state index in [9.17, 15) is 13.2 Å². The van der Waals surface area contributed by atoms with Crippen molar-refractivity contribution in [2.75, 3.05) is 0 Å². The maximum Gasteiger partial charge on any atom is 0.430 e. The standard InChI is InChI=1S/C22H34N.C2HF3O2/c1-16(2)12-22-21(18(5)6)13-20(17(3)4)15-23(22)14-19-10-8-7-9-11-19;3-2(4,5)1(6)7/h7-11,13,15-18,21-22H,12,14H2,1-6H3;(H,6,7)/q+1;/p-1/t21-,22-;/m1./s1. The number of benzene rings is 1. The van der Waals surface area contributed by atoms with Gasteiger partial charge in [-0.1, -0.05) is 78.0 Å². The first-order valence-corrected chi connectivity index (χ1v) is 10.5. The van der Waals surface area contributed by atoms with Gasteiger partial charge in [-0.05, 0) is 17.8 Å². The van der Waals surface area contributed by atoms with Gasteiger partial charge in [0, 0.05) is 23.5 Å². The van der Waals surface area contributed by atoms with E-state index in [-0.39, 0.29) is 0 Å². The van der Waals surface area contributed by atoms with E-state index >= 15 is 0 Å². The van der Waals surface area contributed by atoms with Crippen molar-refractivity contribution in [2.24, 2.45) is 23.7 Å². The molecule has 6 heteroatoms. The summed E-state index contributed by atoms with van der Waals surface area (Å²) >= 11 is 0. The summed E-state index contributed by atoms with van der Waals surface area (Å²) in [7, 11) is 0. The molecule has 0 saturated carbocycles. The van der Waals surface area contributed by atoms with Crippen molar-refractivity contribution in [1.29, 1.82) is 0 Å². The smallest absolute Gasteiger partial charge is 0.430 e. The predicted octanol–water partition coefficient (Wildman–Crippen LogP) is 4.85. The van der Waals surface area contributed by atoms with Crippen molar-refractivity contribution < 1.29 is 27.6 Å². The number of alkyl halides is 3.